The minimum absolute atomic E-state index is 0.130. The number of aryl methyl sites for hydroxylation is 1. The van der Waals surface area contributed by atoms with Gasteiger partial charge >= 0.3 is 0 Å². The molecule has 0 saturated carbocycles. The van der Waals surface area contributed by atoms with Gasteiger partial charge in [0, 0.05) is 19.2 Å². The minimum atomic E-state index is 0.130. The van der Waals surface area contributed by atoms with Crippen molar-refractivity contribution in [1.82, 2.24) is 9.78 Å². The van der Waals surface area contributed by atoms with E-state index in [1.165, 1.54) is 5.56 Å². The molecule has 5 nitrogen and oxygen atoms in total. The summed E-state index contributed by atoms with van der Waals surface area (Å²) in [6.45, 7) is 2.94. The highest BCUT2D eigenvalue weighted by Crippen LogP contribution is 2.41. The molecule has 0 N–H and O–H groups in total. The zero-order valence-corrected chi connectivity index (χ0v) is 16.3. The topological polar surface area (TPSA) is 47.4 Å². The number of ether oxygens (including phenoxy) is 1. The van der Waals surface area contributed by atoms with Gasteiger partial charge < -0.3 is 9.64 Å². The molecule has 28 heavy (non-hydrogen) atoms. The van der Waals surface area contributed by atoms with Crippen LogP contribution in [0.3, 0.4) is 0 Å². The van der Waals surface area contributed by atoms with Crippen LogP contribution in [0.5, 0.6) is 5.75 Å². The van der Waals surface area contributed by atoms with Crippen molar-refractivity contribution in [1.29, 1.82) is 0 Å². The Morgan fingerprint density at radius 2 is 2.00 bits per heavy atom. The number of amides is 1. The van der Waals surface area contributed by atoms with Gasteiger partial charge in [0.05, 0.1) is 24.7 Å². The Labute approximate surface area is 165 Å². The molecule has 3 aromatic rings. The highest BCUT2D eigenvalue weighted by atomic mass is 16.5. The van der Waals surface area contributed by atoms with E-state index in [2.05, 4.69) is 18.1 Å². The first-order valence-corrected chi connectivity index (χ1v) is 9.73. The van der Waals surface area contributed by atoms with Crippen LogP contribution in [0.4, 0.5) is 5.69 Å². The van der Waals surface area contributed by atoms with Crippen LogP contribution in [0, 0.1) is 0 Å². The maximum Gasteiger partial charge on any atom is 0.227 e. The van der Waals surface area contributed by atoms with E-state index in [-0.39, 0.29) is 5.91 Å². The fraction of sp³-hybridized carbons (Fsp3) is 0.304. The van der Waals surface area contributed by atoms with E-state index in [9.17, 15) is 4.79 Å². The molecule has 1 aliphatic rings. The number of aromatic nitrogens is 2. The number of hydrogen-bond acceptors (Lipinski definition) is 3. The van der Waals surface area contributed by atoms with Crippen molar-refractivity contribution < 1.29 is 9.53 Å². The average molecular weight is 375 g/mol. The highest BCUT2D eigenvalue weighted by molar-refractivity contribution is 5.96. The summed E-state index contributed by atoms with van der Waals surface area (Å²) in [5.41, 5.74) is 4.20. The SMILES string of the molecule is COc1cccc2c1N(C(=O)CCc1cnn(-c3ccccc3)c1)CC[C@@H]2C. The second kappa shape index (κ2) is 7.89. The van der Waals surface area contributed by atoms with Crippen molar-refractivity contribution in [2.75, 3.05) is 18.6 Å². The molecule has 5 heteroatoms. The fourth-order valence-corrected chi connectivity index (χ4v) is 3.83. The second-order valence-corrected chi connectivity index (χ2v) is 7.26. The molecule has 0 bridgehead atoms. The van der Waals surface area contributed by atoms with Gasteiger partial charge in [-0.25, -0.2) is 4.68 Å². The summed E-state index contributed by atoms with van der Waals surface area (Å²) < 4.78 is 7.40. The lowest BCUT2D eigenvalue weighted by atomic mass is 9.90. The van der Waals surface area contributed by atoms with Crippen LogP contribution in [-0.4, -0.2) is 29.3 Å². The Morgan fingerprint density at radius 3 is 2.79 bits per heavy atom. The third-order valence-corrected chi connectivity index (χ3v) is 5.42. The summed E-state index contributed by atoms with van der Waals surface area (Å²) >= 11 is 0. The summed E-state index contributed by atoms with van der Waals surface area (Å²) in [5.74, 6) is 1.33. The fourth-order valence-electron chi connectivity index (χ4n) is 3.83. The van der Waals surface area contributed by atoms with Crippen LogP contribution >= 0.6 is 0 Å². The summed E-state index contributed by atoms with van der Waals surface area (Å²) in [5, 5.41) is 4.42. The van der Waals surface area contributed by atoms with Gasteiger partial charge in [-0.3, -0.25) is 4.79 Å². The molecule has 0 aliphatic carbocycles. The number of rotatable bonds is 5. The molecule has 1 aromatic heterocycles. The molecular formula is C23H25N3O2. The Balaban J connectivity index is 1.48. The molecule has 0 radical (unpaired) electrons. The Bertz CT molecular complexity index is 965. The van der Waals surface area contributed by atoms with E-state index >= 15 is 0 Å². The third-order valence-electron chi connectivity index (χ3n) is 5.42. The van der Waals surface area contributed by atoms with Crippen molar-refractivity contribution in [2.24, 2.45) is 0 Å². The summed E-state index contributed by atoms with van der Waals surface area (Å²) in [6.07, 6.45) is 5.93. The lowest BCUT2D eigenvalue weighted by molar-refractivity contribution is -0.118. The number of para-hydroxylation sites is 2. The molecule has 1 amide bonds. The predicted molar refractivity (Wildman–Crippen MR) is 110 cm³/mol. The number of anilines is 1. The van der Waals surface area contributed by atoms with Crippen LogP contribution in [0.1, 0.15) is 36.8 Å². The van der Waals surface area contributed by atoms with Gasteiger partial charge in [-0.1, -0.05) is 37.3 Å². The number of hydrogen-bond donors (Lipinski definition) is 0. The van der Waals surface area contributed by atoms with E-state index in [1.54, 1.807) is 7.11 Å². The lowest BCUT2D eigenvalue weighted by Gasteiger charge is -2.34. The van der Waals surface area contributed by atoms with Gasteiger partial charge in [0.1, 0.15) is 5.75 Å². The maximum atomic E-state index is 13.0. The summed E-state index contributed by atoms with van der Waals surface area (Å²) in [4.78, 5) is 14.9. The minimum Gasteiger partial charge on any atom is -0.495 e. The van der Waals surface area contributed by atoms with Gasteiger partial charge in [-0.2, -0.15) is 5.10 Å². The number of nitrogens with zero attached hydrogens (tertiary/aromatic N) is 3. The molecule has 4 rings (SSSR count). The van der Waals surface area contributed by atoms with E-state index < -0.39 is 0 Å². The average Bonchev–Trinajstić information content (AvgIpc) is 3.22. The van der Waals surface area contributed by atoms with Gasteiger partial charge in [0.25, 0.3) is 0 Å². The molecule has 0 fully saturated rings. The summed E-state index contributed by atoms with van der Waals surface area (Å²) in [6, 6.07) is 16.0. The van der Waals surface area contributed by atoms with E-state index in [0.29, 0.717) is 18.8 Å². The van der Waals surface area contributed by atoms with Crippen LogP contribution in [0.25, 0.3) is 5.69 Å². The van der Waals surface area contributed by atoms with Crippen molar-refractivity contribution in [3.63, 3.8) is 0 Å². The zero-order chi connectivity index (χ0) is 19.5. The molecule has 1 atom stereocenters. The normalized spacial score (nSPS) is 15.9. The smallest absolute Gasteiger partial charge is 0.227 e. The molecule has 0 spiro atoms. The lowest BCUT2D eigenvalue weighted by Crippen LogP contribution is -2.36. The Hall–Kier alpha value is -3.08. The Morgan fingerprint density at radius 1 is 1.18 bits per heavy atom. The highest BCUT2D eigenvalue weighted by Gasteiger charge is 2.29. The monoisotopic (exact) mass is 375 g/mol. The molecule has 2 aromatic carbocycles. The standard InChI is InChI=1S/C23H25N3O2/c1-17-13-14-25(23-20(17)9-6-10-21(23)28-2)22(27)12-11-18-15-24-26(16-18)19-7-4-3-5-8-19/h3-10,15-17H,11-14H2,1-2H3/t17-/m0/s1. The zero-order valence-electron chi connectivity index (χ0n) is 16.3. The van der Waals surface area contributed by atoms with Gasteiger partial charge in [-0.15, -0.1) is 0 Å². The van der Waals surface area contributed by atoms with Crippen LogP contribution in [0.2, 0.25) is 0 Å². The van der Waals surface area contributed by atoms with Crippen molar-refractivity contribution in [3.05, 3.63) is 72.1 Å². The largest absolute Gasteiger partial charge is 0.495 e. The van der Waals surface area contributed by atoms with Crippen molar-refractivity contribution in [2.45, 2.75) is 32.1 Å². The molecule has 0 saturated heterocycles. The number of fused-ring (bicyclic) bond motifs is 1. The molecule has 0 unspecified atom stereocenters. The van der Waals surface area contributed by atoms with Crippen LogP contribution < -0.4 is 9.64 Å². The summed E-state index contributed by atoms with van der Waals surface area (Å²) in [7, 11) is 1.66. The molecule has 144 valence electrons. The first-order chi connectivity index (χ1) is 13.7. The first kappa shape index (κ1) is 18.3. The number of methoxy groups -OCH3 is 1. The van der Waals surface area contributed by atoms with Crippen LogP contribution in [-0.2, 0) is 11.2 Å². The number of carbonyl (C=O) groups excluding carboxylic acids is 1. The van der Waals surface area contributed by atoms with E-state index in [4.69, 9.17) is 4.74 Å². The molecular weight excluding hydrogens is 350 g/mol. The molecule has 1 aliphatic heterocycles. The van der Waals surface area contributed by atoms with Crippen molar-refractivity contribution >= 4 is 11.6 Å². The third kappa shape index (κ3) is 3.52. The van der Waals surface area contributed by atoms with Crippen LogP contribution in [0.15, 0.2) is 60.9 Å². The molecule has 2 heterocycles. The van der Waals surface area contributed by atoms with Gasteiger partial charge in [0.2, 0.25) is 5.91 Å². The van der Waals surface area contributed by atoms with E-state index in [1.807, 2.05) is 64.4 Å². The quantitative estimate of drug-likeness (QED) is 0.666. The number of benzene rings is 2. The maximum absolute atomic E-state index is 13.0. The van der Waals surface area contributed by atoms with Crippen molar-refractivity contribution in [3.8, 4) is 11.4 Å². The van der Waals surface area contributed by atoms with E-state index in [0.717, 1.165) is 35.7 Å². The Kier molecular flexibility index (Phi) is 5.15. The number of carbonyl (C=O) groups is 1. The second-order valence-electron chi connectivity index (χ2n) is 7.26. The van der Waals surface area contributed by atoms with Gasteiger partial charge in [-0.05, 0) is 48.1 Å². The predicted octanol–water partition coefficient (Wildman–Crippen LogP) is 4.35. The first-order valence-electron chi connectivity index (χ1n) is 9.73. The van der Waals surface area contributed by atoms with Gasteiger partial charge in [0.15, 0.2) is 0 Å².